The van der Waals surface area contributed by atoms with Gasteiger partial charge in [0, 0.05) is 5.56 Å². The lowest BCUT2D eigenvalue weighted by atomic mass is 10.1. The quantitative estimate of drug-likeness (QED) is 0.442. The van der Waals surface area contributed by atoms with Gasteiger partial charge in [-0.05, 0) is 36.6 Å². The lowest BCUT2D eigenvalue weighted by Crippen LogP contribution is -2.03. The van der Waals surface area contributed by atoms with Gasteiger partial charge in [0.25, 0.3) is 0 Å². The normalized spacial score (nSPS) is 10.5. The molecule has 2 aromatic heterocycles. The van der Waals surface area contributed by atoms with Gasteiger partial charge in [-0.2, -0.15) is 20.7 Å². The molecule has 0 saturated heterocycles. The zero-order valence-corrected chi connectivity index (χ0v) is 17.1. The standard InChI is InChI=1S/C22H17ClN8/c23-18-10-14(7-8-15(18)20-17(12-25)21(26)29-28-20)31-22(27)16(11-24)19(30-31)9-6-13-4-2-1-3-5-13/h1-5,7-8,10H,6,9,27H2,(H3,26,28,29). The van der Waals surface area contributed by atoms with Crippen LogP contribution in [0.25, 0.3) is 16.9 Å². The number of aromatic amines is 1. The van der Waals surface area contributed by atoms with Crippen molar-refractivity contribution in [3.63, 3.8) is 0 Å². The molecule has 2 heterocycles. The molecular weight excluding hydrogens is 412 g/mol. The molecule has 0 radical (unpaired) electrons. The maximum atomic E-state index is 9.60. The van der Waals surface area contributed by atoms with Crippen LogP contribution in [-0.4, -0.2) is 20.0 Å². The van der Waals surface area contributed by atoms with E-state index in [4.69, 9.17) is 23.1 Å². The van der Waals surface area contributed by atoms with Crippen molar-refractivity contribution in [1.82, 2.24) is 20.0 Å². The third-order valence-corrected chi connectivity index (χ3v) is 5.27. The molecule has 0 saturated carbocycles. The van der Waals surface area contributed by atoms with Crippen LogP contribution in [0.15, 0.2) is 48.5 Å². The minimum atomic E-state index is 0.177. The summed E-state index contributed by atoms with van der Waals surface area (Å²) in [4.78, 5) is 0. The van der Waals surface area contributed by atoms with Crippen LogP contribution in [-0.2, 0) is 12.8 Å². The third kappa shape index (κ3) is 3.68. The fraction of sp³-hybridized carbons (Fsp3) is 0.0909. The maximum absolute atomic E-state index is 9.60. The molecule has 4 rings (SSSR count). The number of nitrogens with one attached hydrogen (secondary N) is 1. The van der Waals surface area contributed by atoms with Gasteiger partial charge >= 0.3 is 0 Å². The summed E-state index contributed by atoms with van der Waals surface area (Å²) >= 11 is 6.47. The molecule has 0 fully saturated rings. The number of hydrogen-bond acceptors (Lipinski definition) is 6. The van der Waals surface area contributed by atoms with E-state index in [1.165, 1.54) is 4.68 Å². The van der Waals surface area contributed by atoms with Crippen molar-refractivity contribution >= 4 is 23.2 Å². The fourth-order valence-corrected chi connectivity index (χ4v) is 3.64. The Morgan fingerprint density at radius 1 is 1.00 bits per heavy atom. The zero-order chi connectivity index (χ0) is 22.0. The Hall–Kier alpha value is -4.27. The number of aryl methyl sites for hydroxylation is 2. The number of rotatable bonds is 5. The molecule has 0 aliphatic carbocycles. The van der Waals surface area contributed by atoms with Gasteiger partial charge in [-0.1, -0.05) is 41.9 Å². The largest absolute Gasteiger partial charge is 0.383 e. The molecule has 0 amide bonds. The van der Waals surface area contributed by atoms with Crippen LogP contribution < -0.4 is 11.5 Å². The number of nitrogens with zero attached hydrogens (tertiary/aromatic N) is 5. The van der Waals surface area contributed by atoms with Gasteiger partial charge in [0.1, 0.15) is 40.6 Å². The molecule has 4 aromatic rings. The van der Waals surface area contributed by atoms with Gasteiger partial charge < -0.3 is 11.5 Å². The molecule has 0 bridgehead atoms. The van der Waals surface area contributed by atoms with Crippen LogP contribution in [0.2, 0.25) is 5.02 Å². The second-order valence-electron chi connectivity index (χ2n) is 6.85. The van der Waals surface area contributed by atoms with E-state index in [9.17, 15) is 10.5 Å². The van der Waals surface area contributed by atoms with E-state index in [1.807, 2.05) is 36.4 Å². The topological polar surface area (TPSA) is 146 Å². The van der Waals surface area contributed by atoms with E-state index in [2.05, 4.69) is 21.4 Å². The van der Waals surface area contributed by atoms with Crippen molar-refractivity contribution in [2.45, 2.75) is 12.8 Å². The van der Waals surface area contributed by atoms with Crippen molar-refractivity contribution < 1.29 is 0 Å². The molecule has 5 N–H and O–H groups in total. The van der Waals surface area contributed by atoms with Crippen LogP contribution in [0, 0.1) is 22.7 Å². The summed E-state index contributed by atoms with van der Waals surface area (Å²) in [6, 6.07) is 19.3. The Morgan fingerprint density at radius 3 is 2.42 bits per heavy atom. The van der Waals surface area contributed by atoms with Gasteiger partial charge in [0.15, 0.2) is 0 Å². The number of nitrogens with two attached hydrogens (primary N) is 2. The van der Waals surface area contributed by atoms with Gasteiger partial charge in [-0.3, -0.25) is 5.10 Å². The fourth-order valence-electron chi connectivity index (χ4n) is 3.37. The SMILES string of the molecule is N#Cc1c(-c2ccc(-n3nc(CCc4ccccc4)c(C#N)c3N)cc2Cl)n[nH]c1N. The molecule has 0 aliphatic heterocycles. The summed E-state index contributed by atoms with van der Waals surface area (Å²) in [6.07, 6.45) is 1.32. The molecule has 8 nitrogen and oxygen atoms in total. The van der Waals surface area contributed by atoms with E-state index >= 15 is 0 Å². The Balaban J connectivity index is 1.68. The van der Waals surface area contributed by atoms with Crippen molar-refractivity contribution in [3.8, 4) is 29.1 Å². The maximum Gasteiger partial charge on any atom is 0.145 e. The number of benzene rings is 2. The van der Waals surface area contributed by atoms with Gasteiger partial charge in [-0.15, -0.1) is 0 Å². The van der Waals surface area contributed by atoms with Crippen molar-refractivity contribution in [3.05, 3.63) is 75.9 Å². The van der Waals surface area contributed by atoms with E-state index in [-0.39, 0.29) is 17.2 Å². The Bertz CT molecular complexity index is 1340. The Morgan fingerprint density at radius 2 is 1.74 bits per heavy atom. The predicted octanol–water partition coefficient (Wildman–Crippen LogP) is 3.61. The first-order chi connectivity index (χ1) is 15.0. The third-order valence-electron chi connectivity index (χ3n) is 4.96. The first kappa shape index (κ1) is 20.0. The van der Waals surface area contributed by atoms with Crippen LogP contribution in [0.1, 0.15) is 22.4 Å². The lowest BCUT2D eigenvalue weighted by Gasteiger charge is -2.07. The first-order valence-electron chi connectivity index (χ1n) is 9.39. The monoisotopic (exact) mass is 428 g/mol. The number of H-pyrrole nitrogens is 1. The number of aromatic nitrogens is 4. The summed E-state index contributed by atoms with van der Waals surface area (Å²) in [5.41, 5.74) is 15.8. The van der Waals surface area contributed by atoms with Crippen LogP contribution in [0.3, 0.4) is 0 Å². The Labute approximate surface area is 183 Å². The number of halogens is 1. The van der Waals surface area contributed by atoms with Gasteiger partial charge in [0.2, 0.25) is 0 Å². The highest BCUT2D eigenvalue weighted by Gasteiger charge is 2.19. The summed E-state index contributed by atoms with van der Waals surface area (Å²) in [6.45, 7) is 0. The van der Waals surface area contributed by atoms with Crippen LogP contribution >= 0.6 is 11.6 Å². The summed E-state index contributed by atoms with van der Waals surface area (Å²) in [7, 11) is 0. The smallest absolute Gasteiger partial charge is 0.145 e. The van der Waals surface area contributed by atoms with E-state index < -0.39 is 0 Å². The van der Waals surface area contributed by atoms with E-state index in [0.29, 0.717) is 39.6 Å². The second-order valence-corrected chi connectivity index (χ2v) is 7.26. The average Bonchev–Trinajstić information content (AvgIpc) is 3.31. The predicted molar refractivity (Wildman–Crippen MR) is 118 cm³/mol. The highest BCUT2D eigenvalue weighted by atomic mass is 35.5. The summed E-state index contributed by atoms with van der Waals surface area (Å²) in [5, 5.41) is 30.5. The highest BCUT2D eigenvalue weighted by Crippen LogP contribution is 2.33. The highest BCUT2D eigenvalue weighted by molar-refractivity contribution is 6.33. The molecule has 0 spiro atoms. The first-order valence-corrected chi connectivity index (χ1v) is 9.77. The number of nitriles is 2. The van der Waals surface area contributed by atoms with Crippen LogP contribution in [0.4, 0.5) is 11.6 Å². The summed E-state index contributed by atoms with van der Waals surface area (Å²) in [5.74, 6) is 0.423. The Kier molecular flexibility index (Phi) is 5.31. The molecule has 31 heavy (non-hydrogen) atoms. The number of anilines is 2. The minimum absolute atomic E-state index is 0.177. The molecule has 152 valence electrons. The van der Waals surface area contributed by atoms with Crippen LogP contribution in [0.5, 0.6) is 0 Å². The average molecular weight is 429 g/mol. The lowest BCUT2D eigenvalue weighted by molar-refractivity contribution is 0.822. The van der Waals surface area contributed by atoms with Gasteiger partial charge in [-0.25, -0.2) is 4.68 Å². The molecule has 0 unspecified atom stereocenters. The van der Waals surface area contributed by atoms with E-state index in [1.54, 1.807) is 18.2 Å². The molecular formula is C22H17ClN8. The van der Waals surface area contributed by atoms with Crippen molar-refractivity contribution in [2.75, 3.05) is 11.5 Å². The molecule has 2 aromatic carbocycles. The number of nitrogen functional groups attached to an aromatic ring is 2. The summed E-state index contributed by atoms with van der Waals surface area (Å²) < 4.78 is 1.50. The van der Waals surface area contributed by atoms with Crippen molar-refractivity contribution in [1.29, 1.82) is 10.5 Å². The molecule has 9 heteroatoms. The van der Waals surface area contributed by atoms with E-state index in [0.717, 1.165) is 12.0 Å². The van der Waals surface area contributed by atoms with Crippen molar-refractivity contribution in [2.24, 2.45) is 0 Å². The number of hydrogen-bond donors (Lipinski definition) is 3. The molecule has 0 aliphatic rings. The second kappa shape index (κ2) is 8.23. The molecule has 0 atom stereocenters. The zero-order valence-electron chi connectivity index (χ0n) is 16.3. The van der Waals surface area contributed by atoms with Gasteiger partial charge in [0.05, 0.1) is 16.4 Å². The minimum Gasteiger partial charge on any atom is -0.383 e.